The van der Waals surface area contributed by atoms with Crippen molar-refractivity contribution >= 4 is 0 Å². The maximum Gasteiger partial charge on any atom is 0.346 e. The standard InChI is InChI=1S/C7H5FN4O/c8-5-4-9-7(13)11-6(5)12-3-1-2-10-12/h1-4H,(H,9,11,13). The molecule has 0 aromatic carbocycles. The zero-order valence-electron chi connectivity index (χ0n) is 6.44. The van der Waals surface area contributed by atoms with E-state index < -0.39 is 11.5 Å². The van der Waals surface area contributed by atoms with Crippen LogP contribution in [0, 0.1) is 5.82 Å². The predicted molar refractivity (Wildman–Crippen MR) is 41.9 cm³/mol. The Morgan fingerprint density at radius 2 is 2.38 bits per heavy atom. The lowest BCUT2D eigenvalue weighted by atomic mass is 10.5. The second-order valence-electron chi connectivity index (χ2n) is 2.34. The molecule has 5 nitrogen and oxygen atoms in total. The van der Waals surface area contributed by atoms with Gasteiger partial charge in [-0.25, -0.2) is 13.9 Å². The fraction of sp³-hybridized carbons (Fsp3) is 0. The Bertz CT molecular complexity index is 462. The first-order chi connectivity index (χ1) is 6.27. The third-order valence-electron chi connectivity index (χ3n) is 1.48. The van der Waals surface area contributed by atoms with Gasteiger partial charge in [-0.05, 0) is 6.07 Å². The van der Waals surface area contributed by atoms with Gasteiger partial charge in [0.05, 0.1) is 6.20 Å². The lowest BCUT2D eigenvalue weighted by molar-refractivity contribution is 0.589. The van der Waals surface area contributed by atoms with E-state index >= 15 is 0 Å². The molecule has 0 saturated heterocycles. The van der Waals surface area contributed by atoms with Crippen LogP contribution in [0.3, 0.4) is 0 Å². The lowest BCUT2D eigenvalue weighted by Gasteiger charge is -1.99. The van der Waals surface area contributed by atoms with E-state index in [0.717, 1.165) is 6.20 Å². The summed E-state index contributed by atoms with van der Waals surface area (Å²) in [5.74, 6) is -0.631. The van der Waals surface area contributed by atoms with Crippen molar-refractivity contribution < 1.29 is 4.39 Å². The summed E-state index contributed by atoms with van der Waals surface area (Å²) >= 11 is 0. The van der Waals surface area contributed by atoms with Crippen LogP contribution < -0.4 is 5.69 Å². The molecule has 2 heterocycles. The second kappa shape index (κ2) is 2.81. The molecule has 6 heteroatoms. The van der Waals surface area contributed by atoms with Gasteiger partial charge < -0.3 is 0 Å². The van der Waals surface area contributed by atoms with Crippen molar-refractivity contribution in [1.82, 2.24) is 19.7 Å². The molecule has 2 aromatic heterocycles. The molecular formula is C7H5FN4O. The highest BCUT2D eigenvalue weighted by Gasteiger charge is 2.04. The van der Waals surface area contributed by atoms with Crippen molar-refractivity contribution in [3.05, 3.63) is 41.0 Å². The maximum atomic E-state index is 13.0. The Morgan fingerprint density at radius 3 is 3.08 bits per heavy atom. The highest BCUT2D eigenvalue weighted by Crippen LogP contribution is 2.03. The Balaban J connectivity index is 2.64. The first kappa shape index (κ1) is 7.66. The zero-order valence-corrected chi connectivity index (χ0v) is 6.44. The predicted octanol–water partition coefficient (Wildman–Crippen LogP) is 0.0947. The summed E-state index contributed by atoms with van der Waals surface area (Å²) in [7, 11) is 0. The van der Waals surface area contributed by atoms with Gasteiger partial charge in [0.2, 0.25) is 0 Å². The minimum Gasteiger partial charge on any atom is -0.288 e. The van der Waals surface area contributed by atoms with Crippen LogP contribution in [-0.2, 0) is 0 Å². The number of aromatic nitrogens is 4. The van der Waals surface area contributed by atoms with Crippen molar-refractivity contribution in [1.29, 1.82) is 0 Å². The van der Waals surface area contributed by atoms with Crippen molar-refractivity contribution in [2.24, 2.45) is 0 Å². The molecular weight excluding hydrogens is 175 g/mol. The van der Waals surface area contributed by atoms with E-state index in [1.54, 1.807) is 6.07 Å². The zero-order chi connectivity index (χ0) is 9.26. The fourth-order valence-corrected chi connectivity index (χ4v) is 0.938. The first-order valence-electron chi connectivity index (χ1n) is 3.52. The maximum absolute atomic E-state index is 13.0. The van der Waals surface area contributed by atoms with Gasteiger partial charge in [0.15, 0.2) is 11.6 Å². The number of H-pyrrole nitrogens is 1. The average Bonchev–Trinajstić information content (AvgIpc) is 2.61. The molecule has 66 valence electrons. The molecule has 1 N–H and O–H groups in total. The third-order valence-corrected chi connectivity index (χ3v) is 1.48. The van der Waals surface area contributed by atoms with Crippen LogP contribution in [-0.4, -0.2) is 19.7 Å². The molecule has 0 unspecified atom stereocenters. The Hall–Kier alpha value is -1.98. The normalized spacial score (nSPS) is 10.2. The van der Waals surface area contributed by atoms with Gasteiger partial charge in [0, 0.05) is 12.4 Å². The molecule has 0 atom stereocenters. The number of hydrogen-bond donors (Lipinski definition) is 1. The number of nitrogens with one attached hydrogen (secondary N) is 1. The number of halogens is 1. The van der Waals surface area contributed by atoms with E-state index in [0.29, 0.717) is 0 Å². The summed E-state index contributed by atoms with van der Waals surface area (Å²) in [6.07, 6.45) is 3.86. The molecule has 0 aliphatic rings. The third kappa shape index (κ3) is 1.33. The quantitative estimate of drug-likeness (QED) is 0.676. The lowest BCUT2D eigenvalue weighted by Crippen LogP contribution is -2.15. The molecule has 13 heavy (non-hydrogen) atoms. The van der Waals surface area contributed by atoms with Crippen molar-refractivity contribution in [2.75, 3.05) is 0 Å². The SMILES string of the molecule is O=c1ncc(F)c(-n2cccn2)[nH]1. The summed E-state index contributed by atoms with van der Waals surface area (Å²) in [6, 6.07) is 1.62. The highest BCUT2D eigenvalue weighted by molar-refractivity contribution is 5.19. The minimum atomic E-state index is -0.622. The van der Waals surface area contributed by atoms with Crippen LogP contribution in [0.4, 0.5) is 4.39 Å². The Morgan fingerprint density at radius 1 is 1.54 bits per heavy atom. The van der Waals surface area contributed by atoms with Crippen LogP contribution in [0.2, 0.25) is 0 Å². The summed E-state index contributed by atoms with van der Waals surface area (Å²) in [6.45, 7) is 0. The number of aromatic amines is 1. The van der Waals surface area contributed by atoms with E-state index in [-0.39, 0.29) is 5.82 Å². The van der Waals surface area contributed by atoms with E-state index in [1.165, 1.54) is 17.1 Å². The highest BCUT2D eigenvalue weighted by atomic mass is 19.1. The van der Waals surface area contributed by atoms with Gasteiger partial charge in [-0.1, -0.05) is 0 Å². The van der Waals surface area contributed by atoms with Crippen LogP contribution in [0.15, 0.2) is 29.5 Å². The number of rotatable bonds is 1. The van der Waals surface area contributed by atoms with E-state index in [4.69, 9.17) is 0 Å². The number of hydrogen-bond acceptors (Lipinski definition) is 3. The van der Waals surface area contributed by atoms with Crippen LogP contribution in [0.1, 0.15) is 0 Å². The van der Waals surface area contributed by atoms with Crippen molar-refractivity contribution in [3.8, 4) is 5.82 Å². The van der Waals surface area contributed by atoms with E-state index in [9.17, 15) is 9.18 Å². The van der Waals surface area contributed by atoms with Crippen molar-refractivity contribution in [3.63, 3.8) is 0 Å². The molecule has 0 saturated carbocycles. The second-order valence-corrected chi connectivity index (χ2v) is 2.34. The fourth-order valence-electron chi connectivity index (χ4n) is 0.938. The van der Waals surface area contributed by atoms with E-state index in [2.05, 4.69) is 15.1 Å². The van der Waals surface area contributed by atoms with Gasteiger partial charge in [-0.2, -0.15) is 10.1 Å². The van der Waals surface area contributed by atoms with Crippen LogP contribution in [0.5, 0.6) is 0 Å². The number of nitrogens with zero attached hydrogens (tertiary/aromatic N) is 3. The minimum absolute atomic E-state index is 0.00926. The van der Waals surface area contributed by atoms with Gasteiger partial charge in [-0.15, -0.1) is 0 Å². The monoisotopic (exact) mass is 180 g/mol. The molecule has 0 spiro atoms. The molecule has 0 amide bonds. The van der Waals surface area contributed by atoms with Crippen LogP contribution in [0.25, 0.3) is 5.82 Å². The van der Waals surface area contributed by atoms with Gasteiger partial charge >= 0.3 is 5.69 Å². The Labute approximate surface area is 71.9 Å². The average molecular weight is 180 g/mol. The first-order valence-corrected chi connectivity index (χ1v) is 3.52. The smallest absolute Gasteiger partial charge is 0.288 e. The van der Waals surface area contributed by atoms with Gasteiger partial charge in [-0.3, -0.25) is 4.98 Å². The van der Waals surface area contributed by atoms with Gasteiger partial charge in [0.25, 0.3) is 0 Å². The molecule has 0 radical (unpaired) electrons. The van der Waals surface area contributed by atoms with E-state index in [1.807, 2.05) is 0 Å². The largest absolute Gasteiger partial charge is 0.346 e. The summed E-state index contributed by atoms with van der Waals surface area (Å²) in [5.41, 5.74) is -0.605. The van der Waals surface area contributed by atoms with Gasteiger partial charge in [0.1, 0.15) is 0 Å². The summed E-state index contributed by atoms with van der Waals surface area (Å²) in [5, 5.41) is 3.77. The molecule has 0 fully saturated rings. The molecule has 0 bridgehead atoms. The van der Waals surface area contributed by atoms with Crippen LogP contribution >= 0.6 is 0 Å². The molecule has 2 rings (SSSR count). The topological polar surface area (TPSA) is 63.6 Å². The molecule has 0 aliphatic carbocycles. The Kier molecular flexibility index (Phi) is 1.66. The summed E-state index contributed by atoms with van der Waals surface area (Å²) < 4.78 is 14.3. The molecule has 0 aliphatic heterocycles. The summed E-state index contributed by atoms with van der Waals surface area (Å²) in [4.78, 5) is 16.2. The van der Waals surface area contributed by atoms with Crippen molar-refractivity contribution in [2.45, 2.75) is 0 Å². The molecule has 2 aromatic rings.